The van der Waals surface area contributed by atoms with Crippen LogP contribution in [0.2, 0.25) is 5.02 Å². The summed E-state index contributed by atoms with van der Waals surface area (Å²) in [6.45, 7) is 0. The second-order valence-electron chi connectivity index (χ2n) is 6.39. The second kappa shape index (κ2) is 9.43. The van der Waals surface area contributed by atoms with Crippen molar-refractivity contribution in [2.24, 2.45) is 0 Å². The lowest BCUT2D eigenvalue weighted by Crippen LogP contribution is -2.35. The first-order valence-electron chi connectivity index (χ1n) is 8.26. The summed E-state index contributed by atoms with van der Waals surface area (Å²) in [5.41, 5.74) is 0.331. The first-order valence-corrected chi connectivity index (χ1v) is 12.1. The molecule has 0 saturated carbocycles. The molecular weight excluding hydrogens is 446 g/mol. The van der Waals surface area contributed by atoms with Crippen LogP contribution in [0.5, 0.6) is 0 Å². The molecular formula is C18H21Cl2FN2O3S2. The fourth-order valence-electron chi connectivity index (χ4n) is 2.53. The predicted octanol–water partition coefficient (Wildman–Crippen LogP) is 3.06. The van der Waals surface area contributed by atoms with Crippen LogP contribution in [0.3, 0.4) is 0 Å². The zero-order chi connectivity index (χ0) is 21.1. The number of rotatable bonds is 7. The van der Waals surface area contributed by atoms with Gasteiger partial charge in [-0.3, -0.25) is 9.00 Å². The predicted molar refractivity (Wildman–Crippen MR) is 115 cm³/mol. The molecule has 0 radical (unpaired) electrons. The number of hydrogen-bond donors (Lipinski definition) is 1. The van der Waals surface area contributed by atoms with E-state index >= 15 is 0 Å². The summed E-state index contributed by atoms with van der Waals surface area (Å²) in [6.07, 6.45) is 3.64. The fraction of sp³-hybridized carbons (Fsp3) is 0.333. The van der Waals surface area contributed by atoms with Gasteiger partial charge in [-0.15, -0.1) is 0 Å². The van der Waals surface area contributed by atoms with Crippen molar-refractivity contribution in [2.75, 3.05) is 19.8 Å². The third kappa shape index (κ3) is 5.83. The Hall–Kier alpha value is -1.35. The highest BCUT2D eigenvalue weighted by atomic mass is 35.5. The van der Waals surface area contributed by atoms with Gasteiger partial charge in [0.25, 0.3) is 0 Å². The van der Waals surface area contributed by atoms with Crippen molar-refractivity contribution in [1.29, 1.82) is 0 Å². The van der Waals surface area contributed by atoms with E-state index in [9.17, 15) is 17.6 Å². The monoisotopic (exact) mass is 466 g/mol. The van der Waals surface area contributed by atoms with Gasteiger partial charge in [-0.25, -0.2) is 8.60 Å². The number of nitrogens with one attached hydrogen (secondary N) is 1. The number of carbonyl (C=O) groups excluding carboxylic acids is 1. The number of nitrogens with zero attached hydrogens (tertiary/aromatic N) is 1. The van der Waals surface area contributed by atoms with Crippen LogP contribution in [0, 0.1) is 5.82 Å². The minimum Gasteiger partial charge on any atom is -0.349 e. The van der Waals surface area contributed by atoms with E-state index in [-0.39, 0.29) is 28.0 Å². The summed E-state index contributed by atoms with van der Waals surface area (Å²) >= 11 is 11.8. The standard InChI is InChI=1S/C18H21Cl2FN2O3S2/c1-23(2)18(24)8-9-27(25)16-6-4-13(20)11-15(16)22-28(3,26)17-7-5-12(19)10-14(17)21/h4-5,7,10-11,16H,3,6,8-9H2,1-2H3,(H,22,26). The molecule has 154 valence electrons. The Labute approximate surface area is 177 Å². The Morgan fingerprint density at radius 3 is 2.71 bits per heavy atom. The van der Waals surface area contributed by atoms with Gasteiger partial charge in [-0.05, 0) is 36.6 Å². The van der Waals surface area contributed by atoms with Crippen molar-refractivity contribution in [2.45, 2.75) is 23.0 Å². The quantitative estimate of drug-likeness (QED) is 0.627. The van der Waals surface area contributed by atoms with Crippen molar-refractivity contribution < 1.29 is 17.6 Å². The van der Waals surface area contributed by atoms with E-state index in [0.717, 1.165) is 6.07 Å². The average Bonchev–Trinajstić information content (AvgIpc) is 2.58. The summed E-state index contributed by atoms with van der Waals surface area (Å²) in [4.78, 5) is 13.0. The van der Waals surface area contributed by atoms with Gasteiger partial charge in [0, 0.05) is 52.8 Å². The maximum absolute atomic E-state index is 14.2. The molecule has 0 aromatic heterocycles. The minimum absolute atomic E-state index is 0.117. The maximum Gasteiger partial charge on any atom is 0.222 e. The number of benzene rings is 1. The molecule has 0 saturated heterocycles. The van der Waals surface area contributed by atoms with Crippen molar-refractivity contribution >= 4 is 55.5 Å². The average molecular weight is 467 g/mol. The molecule has 1 amide bonds. The van der Waals surface area contributed by atoms with E-state index in [1.165, 1.54) is 23.1 Å². The molecule has 0 heterocycles. The highest BCUT2D eigenvalue weighted by Crippen LogP contribution is 2.26. The summed E-state index contributed by atoms with van der Waals surface area (Å²) in [5, 5.41) is -0.00820. The highest BCUT2D eigenvalue weighted by Gasteiger charge is 2.27. The molecule has 0 aliphatic heterocycles. The van der Waals surface area contributed by atoms with Gasteiger partial charge >= 0.3 is 0 Å². The van der Waals surface area contributed by atoms with Gasteiger partial charge < -0.3 is 9.62 Å². The molecule has 1 N–H and O–H groups in total. The fourth-order valence-corrected chi connectivity index (χ4v) is 5.71. The lowest BCUT2D eigenvalue weighted by molar-refractivity contribution is -0.128. The topological polar surface area (TPSA) is 66.5 Å². The van der Waals surface area contributed by atoms with E-state index < -0.39 is 31.6 Å². The zero-order valence-electron chi connectivity index (χ0n) is 15.4. The molecule has 2 rings (SSSR count). The second-order valence-corrected chi connectivity index (χ2v) is 11.0. The van der Waals surface area contributed by atoms with Crippen LogP contribution in [-0.4, -0.2) is 50.2 Å². The van der Waals surface area contributed by atoms with Crippen LogP contribution in [-0.2, 0) is 25.3 Å². The SMILES string of the molecule is C=S(=O)(NC1=CC(Cl)=CCC1S(=O)CCC(=O)N(C)C)c1ccc(Cl)cc1F. The summed E-state index contributed by atoms with van der Waals surface area (Å²) in [5.74, 6) is 2.85. The molecule has 3 atom stereocenters. The van der Waals surface area contributed by atoms with E-state index in [1.807, 2.05) is 0 Å². The van der Waals surface area contributed by atoms with Crippen LogP contribution < -0.4 is 4.72 Å². The molecule has 1 aromatic carbocycles. The third-order valence-electron chi connectivity index (χ3n) is 4.03. The Kier molecular flexibility index (Phi) is 7.73. The molecule has 28 heavy (non-hydrogen) atoms. The number of allylic oxidation sites excluding steroid dienone is 3. The number of carbonyl (C=O) groups is 1. The Morgan fingerprint density at radius 2 is 2.11 bits per heavy atom. The van der Waals surface area contributed by atoms with Crippen LogP contribution in [0.4, 0.5) is 4.39 Å². The van der Waals surface area contributed by atoms with Gasteiger partial charge in [0.2, 0.25) is 5.91 Å². The van der Waals surface area contributed by atoms with Crippen LogP contribution in [0.1, 0.15) is 12.8 Å². The summed E-state index contributed by atoms with van der Waals surface area (Å²) < 4.78 is 42.7. The number of hydrogen-bond acceptors (Lipinski definition) is 3. The smallest absolute Gasteiger partial charge is 0.222 e. The molecule has 3 unspecified atom stereocenters. The largest absolute Gasteiger partial charge is 0.349 e. The Morgan fingerprint density at radius 1 is 1.43 bits per heavy atom. The molecule has 0 fully saturated rings. The van der Waals surface area contributed by atoms with Crippen LogP contribution in [0.15, 0.2) is 46.0 Å². The molecule has 1 aliphatic carbocycles. The van der Waals surface area contributed by atoms with Crippen molar-refractivity contribution in [1.82, 2.24) is 9.62 Å². The van der Waals surface area contributed by atoms with E-state index in [4.69, 9.17) is 23.2 Å². The zero-order valence-corrected chi connectivity index (χ0v) is 18.6. The number of amides is 1. The lowest BCUT2D eigenvalue weighted by atomic mass is 10.1. The van der Waals surface area contributed by atoms with E-state index in [0.29, 0.717) is 17.2 Å². The van der Waals surface area contributed by atoms with Crippen molar-refractivity contribution in [3.05, 3.63) is 51.9 Å². The molecule has 1 aromatic rings. The molecule has 5 nitrogen and oxygen atoms in total. The molecule has 10 heteroatoms. The van der Waals surface area contributed by atoms with Crippen LogP contribution >= 0.6 is 23.2 Å². The van der Waals surface area contributed by atoms with Gasteiger partial charge in [0.1, 0.15) is 5.82 Å². The molecule has 0 bridgehead atoms. The molecule has 1 aliphatic rings. The summed E-state index contributed by atoms with van der Waals surface area (Å²) in [6, 6.07) is 3.76. The third-order valence-corrected chi connectivity index (χ3v) is 7.83. The Bertz CT molecular complexity index is 960. The van der Waals surface area contributed by atoms with Gasteiger partial charge in [-0.2, -0.15) is 0 Å². The van der Waals surface area contributed by atoms with Crippen LogP contribution in [0.25, 0.3) is 0 Å². The van der Waals surface area contributed by atoms with Gasteiger partial charge in [-0.1, -0.05) is 29.3 Å². The number of halogens is 3. The molecule has 0 spiro atoms. The van der Waals surface area contributed by atoms with E-state index in [1.54, 1.807) is 20.2 Å². The Balaban J connectivity index is 2.23. The van der Waals surface area contributed by atoms with Gasteiger partial charge in [0.15, 0.2) is 0 Å². The maximum atomic E-state index is 14.2. The van der Waals surface area contributed by atoms with E-state index in [2.05, 4.69) is 10.6 Å². The highest BCUT2D eigenvalue weighted by molar-refractivity contribution is 7.98. The lowest BCUT2D eigenvalue weighted by Gasteiger charge is -2.25. The van der Waals surface area contributed by atoms with Crippen molar-refractivity contribution in [3.8, 4) is 0 Å². The first-order chi connectivity index (χ1) is 13.0. The van der Waals surface area contributed by atoms with Gasteiger partial charge in [0.05, 0.1) is 19.9 Å². The normalized spacial score (nSPS) is 19.8. The minimum atomic E-state index is -3.29. The van der Waals surface area contributed by atoms with Crippen molar-refractivity contribution in [3.63, 3.8) is 0 Å². The first kappa shape index (κ1) is 22.9. The summed E-state index contributed by atoms with van der Waals surface area (Å²) in [7, 11) is -1.48.